The summed E-state index contributed by atoms with van der Waals surface area (Å²) in [5, 5.41) is 0. The van der Waals surface area contributed by atoms with Crippen LogP contribution in [0.15, 0.2) is 4.99 Å². The van der Waals surface area contributed by atoms with Gasteiger partial charge in [0, 0.05) is 19.6 Å². The first-order valence-electron chi connectivity index (χ1n) is 6.81. The van der Waals surface area contributed by atoms with E-state index < -0.39 is 0 Å². The van der Waals surface area contributed by atoms with E-state index in [2.05, 4.69) is 9.89 Å². The van der Waals surface area contributed by atoms with E-state index in [1.54, 1.807) is 0 Å². The van der Waals surface area contributed by atoms with Gasteiger partial charge in [0.25, 0.3) is 0 Å². The Morgan fingerprint density at radius 1 is 1.12 bits per heavy atom. The monoisotopic (exact) mass is 223 g/mol. The molecule has 2 rings (SSSR count). The van der Waals surface area contributed by atoms with Gasteiger partial charge in [0.05, 0.1) is 0 Å². The van der Waals surface area contributed by atoms with Gasteiger partial charge in [0.2, 0.25) is 0 Å². The van der Waals surface area contributed by atoms with E-state index >= 15 is 0 Å². The van der Waals surface area contributed by atoms with E-state index in [0.29, 0.717) is 5.41 Å². The number of hydrogen-bond acceptors (Lipinski definition) is 1. The van der Waals surface area contributed by atoms with Crippen LogP contribution < -0.4 is 5.73 Å². The summed E-state index contributed by atoms with van der Waals surface area (Å²) in [4.78, 5) is 6.57. The van der Waals surface area contributed by atoms with Gasteiger partial charge < -0.3 is 10.6 Å². The number of rotatable bonds is 1. The maximum absolute atomic E-state index is 5.95. The van der Waals surface area contributed by atoms with Crippen LogP contribution in [0.25, 0.3) is 0 Å². The minimum Gasteiger partial charge on any atom is -0.370 e. The quantitative estimate of drug-likeness (QED) is 0.548. The topological polar surface area (TPSA) is 41.6 Å². The van der Waals surface area contributed by atoms with E-state index in [9.17, 15) is 0 Å². The zero-order chi connectivity index (χ0) is 11.4. The molecule has 3 heteroatoms. The van der Waals surface area contributed by atoms with Gasteiger partial charge >= 0.3 is 0 Å². The van der Waals surface area contributed by atoms with Crippen molar-refractivity contribution in [2.24, 2.45) is 16.1 Å². The highest BCUT2D eigenvalue weighted by Gasteiger charge is 2.35. The van der Waals surface area contributed by atoms with E-state index in [0.717, 1.165) is 25.6 Å². The van der Waals surface area contributed by atoms with Gasteiger partial charge in [-0.05, 0) is 38.0 Å². The fraction of sp³-hybridized carbons (Fsp3) is 0.923. The van der Waals surface area contributed by atoms with Crippen LogP contribution in [0.5, 0.6) is 0 Å². The first kappa shape index (κ1) is 11.7. The van der Waals surface area contributed by atoms with Crippen molar-refractivity contribution in [1.82, 2.24) is 4.90 Å². The lowest BCUT2D eigenvalue weighted by Crippen LogP contribution is -2.46. The lowest BCUT2D eigenvalue weighted by Gasteiger charge is -2.44. The maximum atomic E-state index is 5.95. The van der Waals surface area contributed by atoms with Crippen LogP contribution in [0.4, 0.5) is 0 Å². The highest BCUT2D eigenvalue weighted by atomic mass is 15.3. The molecule has 0 aromatic heterocycles. The van der Waals surface area contributed by atoms with Gasteiger partial charge in [-0.3, -0.25) is 4.99 Å². The van der Waals surface area contributed by atoms with Crippen LogP contribution >= 0.6 is 0 Å². The van der Waals surface area contributed by atoms with Crippen LogP contribution in [0.3, 0.4) is 0 Å². The molecule has 0 aromatic rings. The van der Waals surface area contributed by atoms with E-state index in [1.165, 1.54) is 44.9 Å². The summed E-state index contributed by atoms with van der Waals surface area (Å²) >= 11 is 0. The summed E-state index contributed by atoms with van der Waals surface area (Å²) in [6, 6.07) is 0. The largest absolute Gasteiger partial charge is 0.370 e. The summed E-state index contributed by atoms with van der Waals surface area (Å²) in [5.74, 6) is 0.758. The second-order valence-electron chi connectivity index (χ2n) is 5.38. The van der Waals surface area contributed by atoms with Crippen LogP contribution in [-0.2, 0) is 0 Å². The van der Waals surface area contributed by atoms with Crippen LogP contribution in [-0.4, -0.2) is 30.5 Å². The molecule has 1 heterocycles. The van der Waals surface area contributed by atoms with Gasteiger partial charge in [0.15, 0.2) is 5.96 Å². The maximum Gasteiger partial charge on any atom is 0.191 e. The average Bonchev–Trinajstić information content (AvgIpc) is 2.31. The van der Waals surface area contributed by atoms with Crippen molar-refractivity contribution in [3.63, 3.8) is 0 Å². The Morgan fingerprint density at radius 2 is 1.75 bits per heavy atom. The third kappa shape index (κ3) is 2.50. The van der Waals surface area contributed by atoms with Crippen molar-refractivity contribution in [2.45, 2.75) is 51.9 Å². The number of piperidine rings is 1. The van der Waals surface area contributed by atoms with Crippen molar-refractivity contribution in [3.05, 3.63) is 0 Å². The van der Waals surface area contributed by atoms with Gasteiger partial charge in [0.1, 0.15) is 0 Å². The molecule has 2 fully saturated rings. The van der Waals surface area contributed by atoms with Crippen LogP contribution in [0.1, 0.15) is 51.9 Å². The number of guanidine groups is 1. The summed E-state index contributed by atoms with van der Waals surface area (Å²) in [5.41, 5.74) is 6.62. The Bertz CT molecular complexity index is 244. The predicted octanol–water partition coefficient (Wildman–Crippen LogP) is 2.37. The van der Waals surface area contributed by atoms with Crippen molar-refractivity contribution in [2.75, 3.05) is 19.6 Å². The fourth-order valence-corrected chi connectivity index (χ4v) is 3.27. The summed E-state index contributed by atoms with van der Waals surface area (Å²) in [6.07, 6.45) is 9.89. The van der Waals surface area contributed by atoms with Gasteiger partial charge in [-0.25, -0.2) is 0 Å². The Hall–Kier alpha value is -0.730. The lowest BCUT2D eigenvalue weighted by molar-refractivity contribution is 0.0972. The lowest BCUT2D eigenvalue weighted by atomic mass is 9.68. The number of nitrogens with two attached hydrogens (primary N) is 1. The molecule has 0 amide bonds. The molecule has 1 aliphatic heterocycles. The van der Waals surface area contributed by atoms with Gasteiger partial charge in [-0.15, -0.1) is 0 Å². The minimum atomic E-state index is 0.668. The predicted molar refractivity (Wildman–Crippen MR) is 68.5 cm³/mol. The molecule has 1 saturated carbocycles. The minimum absolute atomic E-state index is 0.668. The molecule has 0 bridgehead atoms. The van der Waals surface area contributed by atoms with E-state index in [-0.39, 0.29) is 0 Å². The average molecular weight is 223 g/mol. The third-order valence-electron chi connectivity index (χ3n) is 4.38. The fourth-order valence-electron chi connectivity index (χ4n) is 3.27. The van der Waals surface area contributed by atoms with Crippen molar-refractivity contribution in [1.29, 1.82) is 0 Å². The zero-order valence-corrected chi connectivity index (χ0v) is 10.5. The Kier molecular flexibility index (Phi) is 3.72. The second-order valence-corrected chi connectivity index (χ2v) is 5.38. The molecule has 3 nitrogen and oxygen atoms in total. The molecule has 0 unspecified atom stereocenters. The smallest absolute Gasteiger partial charge is 0.191 e. The molecular weight excluding hydrogens is 198 g/mol. The summed E-state index contributed by atoms with van der Waals surface area (Å²) in [7, 11) is 0. The van der Waals surface area contributed by atoms with Crippen molar-refractivity contribution < 1.29 is 0 Å². The molecule has 0 aromatic carbocycles. The van der Waals surface area contributed by atoms with Crippen molar-refractivity contribution in [3.8, 4) is 0 Å². The summed E-state index contributed by atoms with van der Waals surface area (Å²) < 4.78 is 0. The van der Waals surface area contributed by atoms with Crippen molar-refractivity contribution >= 4 is 5.96 Å². The Labute approximate surface area is 99.1 Å². The molecule has 1 aliphatic carbocycles. The molecule has 1 spiro atoms. The zero-order valence-electron chi connectivity index (χ0n) is 10.5. The molecular formula is C13H25N3. The molecule has 0 radical (unpaired) electrons. The molecule has 92 valence electrons. The number of nitrogens with zero attached hydrogens (tertiary/aromatic N) is 2. The number of hydrogen-bond donors (Lipinski definition) is 1. The normalized spacial score (nSPS) is 26.1. The Morgan fingerprint density at radius 3 is 2.31 bits per heavy atom. The van der Waals surface area contributed by atoms with E-state index in [4.69, 9.17) is 5.73 Å². The van der Waals surface area contributed by atoms with Crippen LogP contribution in [0, 0.1) is 5.41 Å². The highest BCUT2D eigenvalue weighted by molar-refractivity contribution is 5.78. The molecule has 1 saturated heterocycles. The summed E-state index contributed by atoms with van der Waals surface area (Å²) in [6.45, 7) is 5.08. The number of likely N-dealkylation sites (tertiary alicyclic amines) is 1. The van der Waals surface area contributed by atoms with Gasteiger partial charge in [-0.1, -0.05) is 19.3 Å². The number of aliphatic imine (C=N–C) groups is 1. The molecule has 16 heavy (non-hydrogen) atoms. The molecule has 2 aliphatic rings. The molecule has 0 atom stereocenters. The third-order valence-corrected chi connectivity index (χ3v) is 4.38. The first-order chi connectivity index (χ1) is 7.76. The highest BCUT2D eigenvalue weighted by Crippen LogP contribution is 2.44. The SMILES string of the molecule is CCN=C(N)N1CCC2(CCCCC2)CC1. The Balaban J connectivity index is 1.88. The standard InChI is InChI=1S/C13H25N3/c1-2-15-12(14)16-10-8-13(9-11-16)6-4-3-5-7-13/h2-11H2,1H3,(H2,14,15). The van der Waals surface area contributed by atoms with E-state index in [1.807, 2.05) is 6.92 Å². The molecule has 2 N–H and O–H groups in total. The van der Waals surface area contributed by atoms with Gasteiger partial charge in [-0.2, -0.15) is 0 Å². The second kappa shape index (κ2) is 5.07. The van der Waals surface area contributed by atoms with Crippen LogP contribution in [0.2, 0.25) is 0 Å². The first-order valence-corrected chi connectivity index (χ1v) is 6.81.